The third kappa shape index (κ3) is 4.34. The van der Waals surface area contributed by atoms with Gasteiger partial charge >= 0.3 is 0 Å². The first-order valence-electron chi connectivity index (χ1n) is 10.5. The SMILES string of the molecule is COCc1c(C(=O)N(C)CC(=O)N2c3ccccc3NC(=O)CC2C)sc2cccc(F)c12. The number of nitrogens with one attached hydrogen (secondary N) is 1. The van der Waals surface area contributed by atoms with Gasteiger partial charge in [0.05, 0.1) is 22.9 Å². The van der Waals surface area contributed by atoms with Gasteiger partial charge in [0.15, 0.2) is 0 Å². The van der Waals surface area contributed by atoms with Crippen LogP contribution in [-0.4, -0.2) is 49.4 Å². The number of thiophene rings is 1. The minimum Gasteiger partial charge on any atom is -0.380 e. The Kier molecular flexibility index (Phi) is 6.44. The summed E-state index contributed by atoms with van der Waals surface area (Å²) in [5.41, 5.74) is 1.62. The molecule has 172 valence electrons. The number of methoxy groups -OCH3 is 1. The molecule has 2 aromatic carbocycles. The fourth-order valence-electron chi connectivity index (χ4n) is 4.11. The Morgan fingerprint density at radius 3 is 2.76 bits per heavy atom. The standard InChI is InChI=1S/C24H24FN3O4S/c1-14-11-20(29)26-17-8-4-5-9-18(17)28(14)21(30)12-27(2)24(31)23-15(13-32-3)22-16(25)7-6-10-19(22)33-23/h4-10,14H,11-13H2,1-3H3,(H,26,29). The van der Waals surface area contributed by atoms with Gasteiger partial charge in [-0.05, 0) is 31.2 Å². The molecule has 0 bridgehead atoms. The van der Waals surface area contributed by atoms with E-state index in [1.165, 1.54) is 36.5 Å². The normalized spacial score (nSPS) is 15.7. The number of carbonyl (C=O) groups is 3. The summed E-state index contributed by atoms with van der Waals surface area (Å²) in [5.74, 6) is -1.30. The second-order valence-electron chi connectivity index (χ2n) is 8.00. The van der Waals surface area contributed by atoms with Crippen LogP contribution in [0.1, 0.15) is 28.6 Å². The van der Waals surface area contributed by atoms with Crippen LogP contribution in [0.15, 0.2) is 42.5 Å². The quantitative estimate of drug-likeness (QED) is 0.612. The first-order valence-corrected chi connectivity index (χ1v) is 11.3. The minimum absolute atomic E-state index is 0.0775. The van der Waals surface area contributed by atoms with Crippen LogP contribution in [0, 0.1) is 5.82 Å². The molecule has 1 N–H and O–H groups in total. The van der Waals surface area contributed by atoms with Gasteiger partial charge < -0.3 is 19.9 Å². The summed E-state index contributed by atoms with van der Waals surface area (Å²) in [6.45, 7) is 1.68. The van der Waals surface area contributed by atoms with Crippen LogP contribution in [0.25, 0.3) is 10.1 Å². The van der Waals surface area contributed by atoms with E-state index in [9.17, 15) is 18.8 Å². The molecule has 3 aromatic rings. The van der Waals surface area contributed by atoms with Crippen LogP contribution in [-0.2, 0) is 20.9 Å². The minimum atomic E-state index is -0.416. The number of likely N-dealkylation sites (N-methyl/N-ethyl adjacent to an activating group) is 1. The number of rotatable bonds is 5. The van der Waals surface area contributed by atoms with E-state index < -0.39 is 5.82 Å². The molecule has 1 aliphatic rings. The maximum atomic E-state index is 14.5. The van der Waals surface area contributed by atoms with Crippen molar-refractivity contribution in [2.75, 3.05) is 30.9 Å². The second-order valence-corrected chi connectivity index (χ2v) is 9.05. The highest BCUT2D eigenvalue weighted by atomic mass is 32.1. The van der Waals surface area contributed by atoms with Gasteiger partial charge in [-0.3, -0.25) is 14.4 Å². The van der Waals surface area contributed by atoms with E-state index in [2.05, 4.69) is 5.32 Å². The highest BCUT2D eigenvalue weighted by Crippen LogP contribution is 2.35. The van der Waals surface area contributed by atoms with Crippen molar-refractivity contribution in [1.29, 1.82) is 0 Å². The van der Waals surface area contributed by atoms with Gasteiger partial charge in [0.2, 0.25) is 11.8 Å². The molecule has 1 atom stereocenters. The Morgan fingerprint density at radius 2 is 2.00 bits per heavy atom. The Bertz CT molecular complexity index is 1240. The average molecular weight is 470 g/mol. The first-order chi connectivity index (χ1) is 15.8. The molecular formula is C24H24FN3O4S. The summed E-state index contributed by atoms with van der Waals surface area (Å²) in [4.78, 5) is 42.0. The highest BCUT2D eigenvalue weighted by molar-refractivity contribution is 7.21. The van der Waals surface area contributed by atoms with E-state index in [1.54, 1.807) is 48.2 Å². The maximum absolute atomic E-state index is 14.5. The molecule has 9 heteroatoms. The molecule has 0 saturated carbocycles. The predicted molar refractivity (Wildman–Crippen MR) is 126 cm³/mol. The van der Waals surface area contributed by atoms with Crippen molar-refractivity contribution in [2.45, 2.75) is 26.0 Å². The molecule has 0 radical (unpaired) electrons. The Labute approximate surface area is 194 Å². The molecular weight excluding hydrogens is 445 g/mol. The molecule has 0 spiro atoms. The molecule has 4 rings (SSSR count). The first kappa shape index (κ1) is 22.9. The summed E-state index contributed by atoms with van der Waals surface area (Å²) in [6, 6.07) is 11.4. The molecule has 0 saturated heterocycles. The number of ether oxygens (including phenoxy) is 1. The zero-order valence-electron chi connectivity index (χ0n) is 18.6. The van der Waals surface area contributed by atoms with E-state index in [4.69, 9.17) is 4.74 Å². The van der Waals surface area contributed by atoms with Gasteiger partial charge in [-0.15, -0.1) is 11.3 Å². The lowest BCUT2D eigenvalue weighted by Crippen LogP contribution is -2.45. The number of benzene rings is 2. The van der Waals surface area contributed by atoms with E-state index in [0.717, 1.165) is 0 Å². The van der Waals surface area contributed by atoms with Crippen molar-refractivity contribution in [1.82, 2.24) is 4.90 Å². The monoisotopic (exact) mass is 469 g/mol. The zero-order valence-corrected chi connectivity index (χ0v) is 19.4. The van der Waals surface area contributed by atoms with Crippen LogP contribution in [0.3, 0.4) is 0 Å². The van der Waals surface area contributed by atoms with Gasteiger partial charge in [-0.1, -0.05) is 18.2 Å². The summed E-state index contributed by atoms with van der Waals surface area (Å²) in [6.07, 6.45) is 0.145. The third-order valence-corrected chi connectivity index (χ3v) is 6.78. The molecule has 7 nitrogen and oxygen atoms in total. The van der Waals surface area contributed by atoms with Gasteiger partial charge in [0.25, 0.3) is 5.91 Å². The Balaban J connectivity index is 1.62. The molecule has 1 aromatic heterocycles. The van der Waals surface area contributed by atoms with Crippen molar-refractivity contribution in [3.63, 3.8) is 0 Å². The largest absolute Gasteiger partial charge is 0.380 e. The van der Waals surface area contributed by atoms with Crippen LogP contribution < -0.4 is 10.2 Å². The van der Waals surface area contributed by atoms with E-state index in [-0.39, 0.29) is 43.3 Å². The zero-order chi connectivity index (χ0) is 23.7. The fourth-order valence-corrected chi connectivity index (χ4v) is 5.33. The molecule has 1 unspecified atom stereocenters. The van der Waals surface area contributed by atoms with Gasteiger partial charge in [-0.25, -0.2) is 4.39 Å². The molecule has 0 fully saturated rings. The van der Waals surface area contributed by atoms with Gasteiger partial charge in [-0.2, -0.15) is 0 Å². The Hall–Kier alpha value is -3.30. The Morgan fingerprint density at radius 1 is 1.24 bits per heavy atom. The van der Waals surface area contributed by atoms with Crippen molar-refractivity contribution in [2.24, 2.45) is 0 Å². The van der Waals surface area contributed by atoms with Crippen LogP contribution in [0.5, 0.6) is 0 Å². The molecule has 33 heavy (non-hydrogen) atoms. The van der Waals surface area contributed by atoms with E-state index in [1.807, 2.05) is 0 Å². The molecule has 1 aliphatic heterocycles. The lowest BCUT2D eigenvalue weighted by atomic mass is 10.1. The summed E-state index contributed by atoms with van der Waals surface area (Å²) in [5, 5.41) is 3.19. The molecule has 0 aliphatic carbocycles. The van der Waals surface area contributed by atoms with Crippen molar-refractivity contribution in [3.8, 4) is 0 Å². The molecule has 3 amide bonds. The van der Waals surface area contributed by atoms with Crippen molar-refractivity contribution in [3.05, 3.63) is 58.7 Å². The van der Waals surface area contributed by atoms with Crippen LogP contribution in [0.2, 0.25) is 0 Å². The lowest BCUT2D eigenvalue weighted by Gasteiger charge is -2.29. The summed E-state index contributed by atoms with van der Waals surface area (Å²) < 4.78 is 20.4. The predicted octanol–water partition coefficient (Wildman–Crippen LogP) is 4.02. The molecule has 2 heterocycles. The third-order valence-electron chi connectivity index (χ3n) is 5.59. The van der Waals surface area contributed by atoms with Crippen LogP contribution >= 0.6 is 11.3 Å². The van der Waals surface area contributed by atoms with Gasteiger partial charge in [0.1, 0.15) is 12.4 Å². The van der Waals surface area contributed by atoms with Crippen molar-refractivity contribution < 1.29 is 23.5 Å². The number of hydrogen-bond acceptors (Lipinski definition) is 5. The van der Waals surface area contributed by atoms with E-state index in [0.29, 0.717) is 31.9 Å². The topological polar surface area (TPSA) is 79.0 Å². The number of carbonyl (C=O) groups excluding carboxylic acids is 3. The fraction of sp³-hybridized carbons (Fsp3) is 0.292. The lowest BCUT2D eigenvalue weighted by molar-refractivity contribution is -0.119. The number of hydrogen-bond donors (Lipinski definition) is 1. The number of nitrogens with zero attached hydrogens (tertiary/aromatic N) is 2. The number of halogens is 1. The van der Waals surface area contributed by atoms with Crippen LogP contribution in [0.4, 0.5) is 15.8 Å². The number of anilines is 2. The smallest absolute Gasteiger partial charge is 0.264 e. The number of fused-ring (bicyclic) bond motifs is 2. The maximum Gasteiger partial charge on any atom is 0.264 e. The second kappa shape index (κ2) is 9.29. The average Bonchev–Trinajstić information content (AvgIpc) is 3.07. The van der Waals surface area contributed by atoms with Gasteiger partial charge in [0, 0.05) is 42.3 Å². The van der Waals surface area contributed by atoms with E-state index >= 15 is 0 Å². The number of para-hydroxylation sites is 2. The number of amides is 3. The summed E-state index contributed by atoms with van der Waals surface area (Å²) >= 11 is 1.18. The highest BCUT2D eigenvalue weighted by Gasteiger charge is 2.31. The van der Waals surface area contributed by atoms with Crippen molar-refractivity contribution >= 4 is 50.5 Å². The summed E-state index contributed by atoms with van der Waals surface area (Å²) in [7, 11) is 3.02.